The minimum atomic E-state index is -0.596. The first-order valence-corrected chi connectivity index (χ1v) is 4.26. The lowest BCUT2D eigenvalue weighted by molar-refractivity contribution is 0.581. The van der Waals surface area contributed by atoms with Gasteiger partial charge in [-0.25, -0.2) is 4.39 Å². The number of nitrogens with zero attached hydrogens (tertiary/aromatic N) is 1. The predicted molar refractivity (Wildman–Crippen MR) is 53.2 cm³/mol. The van der Waals surface area contributed by atoms with Crippen LogP contribution >= 0.6 is 0 Å². The maximum Gasteiger partial charge on any atom is 0.147 e. The second-order valence-electron chi connectivity index (χ2n) is 2.97. The highest BCUT2D eigenvalue weighted by Crippen LogP contribution is 2.29. The van der Waals surface area contributed by atoms with Gasteiger partial charge in [0.2, 0.25) is 0 Å². The van der Waals surface area contributed by atoms with Crippen molar-refractivity contribution in [2.45, 2.75) is 0 Å². The third kappa shape index (κ3) is 1.44. The number of nitriles is 1. The standard InChI is InChI=1S/C11H7FN2O/c12-9-4-3-7(8(6-13)11(9)14)10-2-1-5-15-10/h1-5H,14H2. The lowest BCUT2D eigenvalue weighted by atomic mass is 10.0. The van der Waals surface area contributed by atoms with Gasteiger partial charge < -0.3 is 10.2 Å². The second kappa shape index (κ2) is 3.46. The van der Waals surface area contributed by atoms with Crippen molar-refractivity contribution in [2.75, 3.05) is 5.73 Å². The molecule has 3 nitrogen and oxygen atoms in total. The van der Waals surface area contributed by atoms with Crippen molar-refractivity contribution in [1.82, 2.24) is 0 Å². The molecule has 1 aromatic heterocycles. The quantitative estimate of drug-likeness (QED) is 0.722. The van der Waals surface area contributed by atoms with E-state index in [0.29, 0.717) is 11.3 Å². The molecule has 2 N–H and O–H groups in total. The fourth-order valence-electron chi connectivity index (χ4n) is 1.35. The molecule has 0 aliphatic rings. The SMILES string of the molecule is N#Cc1c(-c2ccco2)ccc(F)c1N. The highest BCUT2D eigenvalue weighted by Gasteiger charge is 2.13. The number of benzene rings is 1. The average molecular weight is 202 g/mol. The summed E-state index contributed by atoms with van der Waals surface area (Å²) in [6, 6.07) is 7.94. The van der Waals surface area contributed by atoms with E-state index in [-0.39, 0.29) is 11.3 Å². The lowest BCUT2D eigenvalue weighted by Gasteiger charge is -2.04. The number of hydrogen-bond donors (Lipinski definition) is 1. The maximum atomic E-state index is 13.1. The Kier molecular flexibility index (Phi) is 2.14. The molecular formula is C11H7FN2O. The minimum absolute atomic E-state index is 0.102. The third-order valence-electron chi connectivity index (χ3n) is 2.09. The summed E-state index contributed by atoms with van der Waals surface area (Å²) in [5.74, 6) is -0.0971. The molecule has 1 aromatic carbocycles. The zero-order valence-corrected chi connectivity index (χ0v) is 7.70. The summed E-state index contributed by atoms with van der Waals surface area (Å²) in [5, 5.41) is 8.88. The summed E-state index contributed by atoms with van der Waals surface area (Å²) in [4.78, 5) is 0. The number of nitrogen functional groups attached to an aromatic ring is 1. The molecule has 4 heteroatoms. The van der Waals surface area contributed by atoms with E-state index in [0.717, 1.165) is 0 Å². The Morgan fingerprint density at radius 1 is 1.33 bits per heavy atom. The van der Waals surface area contributed by atoms with E-state index >= 15 is 0 Å². The van der Waals surface area contributed by atoms with Crippen LogP contribution in [-0.4, -0.2) is 0 Å². The van der Waals surface area contributed by atoms with Crippen molar-refractivity contribution in [1.29, 1.82) is 5.26 Å². The lowest BCUT2D eigenvalue weighted by Crippen LogP contribution is -1.96. The van der Waals surface area contributed by atoms with Gasteiger partial charge in [0, 0.05) is 5.56 Å². The van der Waals surface area contributed by atoms with Crippen LogP contribution < -0.4 is 5.73 Å². The third-order valence-corrected chi connectivity index (χ3v) is 2.09. The molecule has 0 saturated carbocycles. The van der Waals surface area contributed by atoms with E-state index in [9.17, 15) is 4.39 Å². The topological polar surface area (TPSA) is 63.0 Å². The van der Waals surface area contributed by atoms with Gasteiger partial charge in [0.1, 0.15) is 17.6 Å². The van der Waals surface area contributed by atoms with Gasteiger partial charge in [-0.05, 0) is 24.3 Å². The molecule has 0 fully saturated rings. The van der Waals surface area contributed by atoms with Gasteiger partial charge in [-0.1, -0.05) is 0 Å². The molecule has 0 spiro atoms. The van der Waals surface area contributed by atoms with Crippen LogP contribution in [0.5, 0.6) is 0 Å². The molecule has 74 valence electrons. The summed E-state index contributed by atoms with van der Waals surface area (Å²) >= 11 is 0. The summed E-state index contributed by atoms with van der Waals surface area (Å²) in [7, 11) is 0. The van der Waals surface area contributed by atoms with Gasteiger partial charge in [-0.15, -0.1) is 0 Å². The Labute approximate surface area is 85.5 Å². The van der Waals surface area contributed by atoms with Crippen LogP contribution in [0.2, 0.25) is 0 Å². The first-order valence-electron chi connectivity index (χ1n) is 4.26. The molecule has 0 bridgehead atoms. The van der Waals surface area contributed by atoms with E-state index in [1.807, 2.05) is 6.07 Å². The Morgan fingerprint density at radius 3 is 2.73 bits per heavy atom. The van der Waals surface area contributed by atoms with Crippen molar-refractivity contribution >= 4 is 5.69 Å². The number of rotatable bonds is 1. The normalized spacial score (nSPS) is 9.87. The summed E-state index contributed by atoms with van der Waals surface area (Å²) in [5.41, 5.74) is 5.92. The molecular weight excluding hydrogens is 195 g/mol. The van der Waals surface area contributed by atoms with Crippen molar-refractivity contribution in [3.05, 3.63) is 41.9 Å². The van der Waals surface area contributed by atoms with Gasteiger partial charge in [-0.3, -0.25) is 0 Å². The zero-order chi connectivity index (χ0) is 10.8. The van der Waals surface area contributed by atoms with E-state index in [4.69, 9.17) is 15.4 Å². The second-order valence-corrected chi connectivity index (χ2v) is 2.97. The van der Waals surface area contributed by atoms with E-state index in [1.54, 1.807) is 12.1 Å². The number of furan rings is 1. The van der Waals surface area contributed by atoms with E-state index in [1.165, 1.54) is 18.4 Å². The molecule has 0 unspecified atom stereocenters. The average Bonchev–Trinajstić information content (AvgIpc) is 2.75. The Balaban J connectivity index is 2.69. The molecule has 0 saturated heterocycles. The molecule has 15 heavy (non-hydrogen) atoms. The number of nitrogens with two attached hydrogens (primary N) is 1. The van der Waals surface area contributed by atoms with Crippen LogP contribution in [0.15, 0.2) is 34.9 Å². The van der Waals surface area contributed by atoms with Gasteiger partial charge in [0.15, 0.2) is 0 Å². The predicted octanol–water partition coefficient (Wildman–Crippen LogP) is 2.54. The van der Waals surface area contributed by atoms with Crippen LogP contribution in [0.25, 0.3) is 11.3 Å². The molecule has 0 amide bonds. The van der Waals surface area contributed by atoms with Crippen LogP contribution in [0.4, 0.5) is 10.1 Å². The molecule has 0 atom stereocenters. The van der Waals surface area contributed by atoms with E-state index in [2.05, 4.69) is 0 Å². The summed E-state index contributed by atoms with van der Waals surface area (Å²) in [6.07, 6.45) is 1.48. The molecule has 0 aliphatic carbocycles. The van der Waals surface area contributed by atoms with E-state index < -0.39 is 5.82 Å². The molecule has 1 heterocycles. The first kappa shape index (κ1) is 9.28. The highest BCUT2D eigenvalue weighted by molar-refractivity contribution is 5.74. The zero-order valence-electron chi connectivity index (χ0n) is 7.70. The van der Waals surface area contributed by atoms with Crippen LogP contribution in [0.1, 0.15) is 5.56 Å². The van der Waals surface area contributed by atoms with Crippen molar-refractivity contribution in [3.8, 4) is 17.4 Å². The Hall–Kier alpha value is -2.28. The van der Waals surface area contributed by atoms with Gasteiger partial charge in [-0.2, -0.15) is 5.26 Å². The molecule has 0 aliphatic heterocycles. The largest absolute Gasteiger partial charge is 0.464 e. The van der Waals surface area contributed by atoms with Crippen LogP contribution in [0, 0.1) is 17.1 Å². The van der Waals surface area contributed by atoms with Crippen molar-refractivity contribution < 1.29 is 8.81 Å². The Bertz CT molecular complexity index is 526. The van der Waals surface area contributed by atoms with Crippen LogP contribution in [-0.2, 0) is 0 Å². The first-order chi connectivity index (χ1) is 7.24. The molecule has 2 aromatic rings. The van der Waals surface area contributed by atoms with Crippen molar-refractivity contribution in [2.24, 2.45) is 0 Å². The minimum Gasteiger partial charge on any atom is -0.464 e. The monoisotopic (exact) mass is 202 g/mol. The summed E-state index contributed by atoms with van der Waals surface area (Å²) in [6.45, 7) is 0. The van der Waals surface area contributed by atoms with Gasteiger partial charge >= 0.3 is 0 Å². The van der Waals surface area contributed by atoms with Crippen LogP contribution in [0.3, 0.4) is 0 Å². The summed E-state index contributed by atoms with van der Waals surface area (Å²) < 4.78 is 18.2. The maximum absolute atomic E-state index is 13.1. The van der Waals surface area contributed by atoms with Crippen molar-refractivity contribution in [3.63, 3.8) is 0 Å². The van der Waals surface area contributed by atoms with Gasteiger partial charge in [0.25, 0.3) is 0 Å². The number of halogens is 1. The molecule has 0 radical (unpaired) electrons. The molecule has 2 rings (SSSR count). The fourth-order valence-corrected chi connectivity index (χ4v) is 1.35. The number of hydrogen-bond acceptors (Lipinski definition) is 3. The Morgan fingerprint density at radius 2 is 2.13 bits per heavy atom. The number of anilines is 1. The fraction of sp³-hybridized carbons (Fsp3) is 0. The highest BCUT2D eigenvalue weighted by atomic mass is 19.1. The smallest absolute Gasteiger partial charge is 0.147 e. The van der Waals surface area contributed by atoms with Gasteiger partial charge in [0.05, 0.1) is 17.5 Å².